The topological polar surface area (TPSA) is 187 Å². The molecule has 0 bridgehead atoms. The Bertz CT molecular complexity index is 1420. The largest absolute Gasteiger partial charge is 0.507 e. The van der Waals surface area contributed by atoms with Gasteiger partial charge in [0.2, 0.25) is 12.2 Å². The fraction of sp³-hybridized carbons (Fsp3) is 0.148. The van der Waals surface area contributed by atoms with Crippen molar-refractivity contribution in [2.24, 2.45) is 0 Å². The van der Waals surface area contributed by atoms with Crippen molar-refractivity contribution in [3.05, 3.63) is 89.5 Å². The van der Waals surface area contributed by atoms with Gasteiger partial charge in [-0.3, -0.25) is 20.4 Å². The lowest BCUT2D eigenvalue weighted by molar-refractivity contribution is -0.159. The molecule has 0 spiro atoms. The quantitative estimate of drug-likeness (QED) is 0.212. The summed E-state index contributed by atoms with van der Waals surface area (Å²) >= 11 is 0. The number of rotatable bonds is 10. The normalized spacial score (nSPS) is 11.8. The molecule has 0 fully saturated rings. The molecule has 0 heterocycles. The molecule has 2 atom stereocenters. The smallest absolute Gasteiger partial charge is 0.349 e. The first kappa shape index (κ1) is 29.0. The number of esters is 2. The fourth-order valence-electron chi connectivity index (χ4n) is 3.28. The second kappa shape index (κ2) is 13.3. The first-order valence-corrected chi connectivity index (χ1v) is 11.5. The predicted octanol–water partition coefficient (Wildman–Crippen LogP) is 1.71. The van der Waals surface area contributed by atoms with E-state index in [-0.39, 0.29) is 28.2 Å². The molecule has 0 saturated heterocycles. The summed E-state index contributed by atoms with van der Waals surface area (Å²) in [6.45, 7) is 0. The number of carboxylic acid groups (broad SMARTS) is 1. The molecule has 13 nitrogen and oxygen atoms in total. The molecule has 2 amide bonds. The highest BCUT2D eigenvalue weighted by Gasteiger charge is 2.41. The van der Waals surface area contributed by atoms with E-state index in [9.17, 15) is 34.2 Å². The maximum Gasteiger partial charge on any atom is 0.349 e. The Hall–Kier alpha value is -5.59. The summed E-state index contributed by atoms with van der Waals surface area (Å²) in [6, 6.07) is 16.5. The minimum absolute atomic E-state index is 0.112. The molecule has 0 aliphatic heterocycles. The average molecular weight is 552 g/mol. The Morgan fingerprint density at radius 1 is 0.700 bits per heavy atom. The van der Waals surface area contributed by atoms with Gasteiger partial charge in [0.1, 0.15) is 17.2 Å². The standard InChI is InChI=1S/C27H24N2O11/c1-37-17-9-5-7-15(13-17)26(35)39-21(24(32)29-28-23(31)19-11-3-4-12-20(19)30)22(25(33)34)40-27(36)16-8-6-10-18(14-16)38-2/h3-14,21-22,30H,1-2H3,(H,28,31)(H,29,32)(H,33,34)/t21-,22+/m0/s1. The van der Waals surface area contributed by atoms with Crippen LogP contribution in [0.25, 0.3) is 0 Å². The molecule has 0 unspecified atom stereocenters. The van der Waals surface area contributed by atoms with E-state index in [2.05, 4.69) is 0 Å². The number of hydrogen-bond acceptors (Lipinski definition) is 10. The van der Waals surface area contributed by atoms with Gasteiger partial charge in [0.05, 0.1) is 30.9 Å². The van der Waals surface area contributed by atoms with Gasteiger partial charge in [0.25, 0.3) is 11.8 Å². The highest BCUT2D eigenvalue weighted by atomic mass is 16.6. The number of aromatic hydroxyl groups is 1. The predicted molar refractivity (Wildman–Crippen MR) is 136 cm³/mol. The van der Waals surface area contributed by atoms with Crippen molar-refractivity contribution < 1.29 is 53.1 Å². The molecule has 4 N–H and O–H groups in total. The Labute approximate surface area is 227 Å². The van der Waals surface area contributed by atoms with Crippen molar-refractivity contribution in [1.82, 2.24) is 10.9 Å². The van der Waals surface area contributed by atoms with Gasteiger partial charge in [0.15, 0.2) is 0 Å². The molecule has 0 aliphatic rings. The molecule has 3 aromatic carbocycles. The molecule has 3 rings (SSSR count). The number of aliphatic carboxylic acids is 1. The number of carbonyl (C=O) groups excluding carboxylic acids is 4. The number of para-hydroxylation sites is 1. The van der Waals surface area contributed by atoms with E-state index in [1.54, 1.807) is 0 Å². The van der Waals surface area contributed by atoms with E-state index < -0.39 is 47.7 Å². The molecule has 0 aromatic heterocycles. The van der Waals surface area contributed by atoms with Gasteiger partial charge in [0, 0.05) is 0 Å². The fourth-order valence-corrected chi connectivity index (χ4v) is 3.28. The van der Waals surface area contributed by atoms with Crippen LogP contribution in [0, 0.1) is 0 Å². The minimum atomic E-state index is -2.35. The lowest BCUT2D eigenvalue weighted by atomic mass is 10.1. The third-order valence-corrected chi connectivity index (χ3v) is 5.30. The van der Waals surface area contributed by atoms with E-state index in [4.69, 9.17) is 18.9 Å². The van der Waals surface area contributed by atoms with Gasteiger partial charge < -0.3 is 29.2 Å². The summed E-state index contributed by atoms with van der Waals surface area (Å²) in [5.41, 5.74) is 3.47. The highest BCUT2D eigenvalue weighted by Crippen LogP contribution is 2.19. The van der Waals surface area contributed by atoms with Crippen LogP contribution in [0.1, 0.15) is 31.1 Å². The number of ether oxygens (including phenoxy) is 4. The third kappa shape index (κ3) is 7.25. The van der Waals surface area contributed by atoms with Crippen LogP contribution < -0.4 is 20.3 Å². The van der Waals surface area contributed by atoms with Crippen LogP contribution in [0.4, 0.5) is 0 Å². The van der Waals surface area contributed by atoms with Crippen molar-refractivity contribution in [2.75, 3.05) is 14.2 Å². The molecule has 40 heavy (non-hydrogen) atoms. The number of hydrazine groups is 1. The molecule has 0 radical (unpaired) electrons. The van der Waals surface area contributed by atoms with E-state index in [1.165, 1.54) is 87.0 Å². The molecule has 0 saturated carbocycles. The molecule has 208 valence electrons. The number of phenolic OH excluding ortho intramolecular Hbond substituents is 1. The number of amides is 2. The molecule has 0 aliphatic carbocycles. The zero-order chi connectivity index (χ0) is 29.2. The van der Waals surface area contributed by atoms with Crippen LogP contribution in [0.3, 0.4) is 0 Å². The summed E-state index contributed by atoms with van der Waals surface area (Å²) < 4.78 is 20.3. The van der Waals surface area contributed by atoms with Gasteiger partial charge in [-0.2, -0.15) is 0 Å². The maximum absolute atomic E-state index is 13.1. The Kier molecular flexibility index (Phi) is 9.62. The first-order valence-electron chi connectivity index (χ1n) is 11.5. The van der Waals surface area contributed by atoms with Crippen LogP contribution in [-0.2, 0) is 19.1 Å². The first-order chi connectivity index (χ1) is 19.1. The van der Waals surface area contributed by atoms with Crippen LogP contribution in [0.2, 0.25) is 0 Å². The van der Waals surface area contributed by atoms with Gasteiger partial charge >= 0.3 is 17.9 Å². The monoisotopic (exact) mass is 552 g/mol. The number of benzene rings is 3. The number of hydrogen-bond donors (Lipinski definition) is 4. The van der Waals surface area contributed by atoms with Gasteiger partial charge in [-0.15, -0.1) is 0 Å². The van der Waals surface area contributed by atoms with Crippen molar-refractivity contribution in [3.63, 3.8) is 0 Å². The van der Waals surface area contributed by atoms with Gasteiger partial charge in [-0.05, 0) is 48.5 Å². The van der Waals surface area contributed by atoms with E-state index in [1.807, 2.05) is 10.9 Å². The SMILES string of the molecule is COc1cccc(C(=O)O[C@H](C(=O)NNC(=O)c2ccccc2O)[C@@H](OC(=O)c2cccc(OC)c2)C(=O)O)c1. The van der Waals surface area contributed by atoms with Crippen LogP contribution in [0.15, 0.2) is 72.8 Å². The summed E-state index contributed by atoms with van der Waals surface area (Å²) in [6.07, 6.45) is -4.63. The van der Waals surface area contributed by atoms with Gasteiger partial charge in [-0.25, -0.2) is 14.4 Å². The number of carboxylic acids is 1. The summed E-state index contributed by atoms with van der Waals surface area (Å²) in [4.78, 5) is 63.2. The van der Waals surface area contributed by atoms with Crippen molar-refractivity contribution in [2.45, 2.75) is 12.2 Å². The third-order valence-electron chi connectivity index (χ3n) is 5.30. The Morgan fingerprint density at radius 2 is 1.23 bits per heavy atom. The van der Waals surface area contributed by atoms with Crippen LogP contribution in [-0.4, -0.2) is 66.4 Å². The zero-order valence-electron chi connectivity index (χ0n) is 21.2. The van der Waals surface area contributed by atoms with Crippen LogP contribution in [0.5, 0.6) is 17.2 Å². The van der Waals surface area contributed by atoms with E-state index in [0.29, 0.717) is 0 Å². The van der Waals surface area contributed by atoms with Crippen LogP contribution >= 0.6 is 0 Å². The molecule has 3 aromatic rings. The maximum atomic E-state index is 13.1. The zero-order valence-corrected chi connectivity index (χ0v) is 21.2. The second-order valence-corrected chi connectivity index (χ2v) is 7.91. The Morgan fingerprint density at radius 3 is 1.73 bits per heavy atom. The average Bonchev–Trinajstić information content (AvgIpc) is 2.97. The lowest BCUT2D eigenvalue weighted by Gasteiger charge is -2.23. The molecular weight excluding hydrogens is 528 g/mol. The number of nitrogens with one attached hydrogen (secondary N) is 2. The summed E-state index contributed by atoms with van der Waals surface area (Å²) in [5, 5.41) is 19.7. The number of carbonyl (C=O) groups is 5. The van der Waals surface area contributed by atoms with Gasteiger partial charge in [-0.1, -0.05) is 24.3 Å². The Balaban J connectivity index is 1.88. The van der Waals surface area contributed by atoms with Crippen molar-refractivity contribution in [3.8, 4) is 17.2 Å². The number of phenols is 1. The molecule has 13 heteroatoms. The van der Waals surface area contributed by atoms with E-state index >= 15 is 0 Å². The lowest BCUT2D eigenvalue weighted by Crippen LogP contribution is -2.54. The summed E-state index contributed by atoms with van der Waals surface area (Å²) in [5.74, 6) is -6.34. The second-order valence-electron chi connectivity index (χ2n) is 7.91. The molecular formula is C27H24N2O11. The van der Waals surface area contributed by atoms with E-state index in [0.717, 1.165) is 0 Å². The number of methoxy groups -OCH3 is 2. The van der Waals surface area contributed by atoms with Crippen molar-refractivity contribution in [1.29, 1.82) is 0 Å². The van der Waals surface area contributed by atoms with Crippen molar-refractivity contribution >= 4 is 29.7 Å². The summed E-state index contributed by atoms with van der Waals surface area (Å²) in [7, 11) is 2.71. The highest BCUT2D eigenvalue weighted by molar-refractivity contribution is 6.00. The minimum Gasteiger partial charge on any atom is -0.507 e.